The Kier molecular flexibility index (Phi) is 5.00. The first-order valence-electron chi connectivity index (χ1n) is 7.25. The van der Waals surface area contributed by atoms with Crippen LogP contribution in [-0.2, 0) is 11.3 Å². The Balaban J connectivity index is 2.08. The molecule has 2 rings (SSSR count). The zero-order chi connectivity index (χ0) is 15.3. The van der Waals surface area contributed by atoms with Gasteiger partial charge in [-0.25, -0.2) is 0 Å². The van der Waals surface area contributed by atoms with Crippen LogP contribution in [0.2, 0.25) is 0 Å². The molecule has 1 heterocycles. The molecule has 0 spiro atoms. The molecule has 21 heavy (non-hydrogen) atoms. The highest BCUT2D eigenvalue weighted by Gasteiger charge is 2.38. The standard InChI is InChI=1S/C17H22N2O2/c1-17(16(18)21)9-10-19(13-17)12-15-8-3-2-6-14(15)7-4-5-11-20/h2-3,6,8,20H,5,9-13H2,1H3,(H2,18,21). The fourth-order valence-electron chi connectivity index (χ4n) is 2.63. The summed E-state index contributed by atoms with van der Waals surface area (Å²) in [6.45, 7) is 4.35. The molecule has 3 N–H and O–H groups in total. The number of hydrogen-bond donors (Lipinski definition) is 2. The Morgan fingerprint density at radius 1 is 1.48 bits per heavy atom. The van der Waals surface area contributed by atoms with E-state index in [4.69, 9.17) is 10.8 Å². The van der Waals surface area contributed by atoms with Crippen LogP contribution in [0.1, 0.15) is 30.9 Å². The smallest absolute Gasteiger partial charge is 0.224 e. The number of primary amides is 1. The molecule has 1 aromatic carbocycles. The maximum Gasteiger partial charge on any atom is 0.224 e. The normalized spacial score (nSPS) is 21.8. The summed E-state index contributed by atoms with van der Waals surface area (Å²) in [5.41, 5.74) is 7.20. The number of likely N-dealkylation sites (tertiary alicyclic amines) is 1. The Labute approximate surface area is 125 Å². The summed E-state index contributed by atoms with van der Waals surface area (Å²) in [4.78, 5) is 13.8. The van der Waals surface area contributed by atoms with Gasteiger partial charge in [0, 0.05) is 25.1 Å². The van der Waals surface area contributed by atoms with Crippen molar-refractivity contribution in [2.24, 2.45) is 11.1 Å². The average molecular weight is 286 g/mol. The zero-order valence-electron chi connectivity index (χ0n) is 12.4. The van der Waals surface area contributed by atoms with Gasteiger partial charge in [0.05, 0.1) is 12.0 Å². The molecule has 0 bridgehead atoms. The molecule has 0 aliphatic carbocycles. The number of aliphatic hydroxyl groups excluding tert-OH is 1. The van der Waals surface area contributed by atoms with Crippen molar-refractivity contribution in [1.82, 2.24) is 4.90 Å². The van der Waals surface area contributed by atoms with E-state index in [-0.39, 0.29) is 12.5 Å². The predicted octanol–water partition coefficient (Wildman–Crippen LogP) is 1.12. The fourth-order valence-corrected chi connectivity index (χ4v) is 2.63. The minimum absolute atomic E-state index is 0.0816. The van der Waals surface area contributed by atoms with Crippen LogP contribution in [0.15, 0.2) is 24.3 Å². The third-order valence-corrected chi connectivity index (χ3v) is 4.02. The molecule has 1 amide bonds. The first kappa shape index (κ1) is 15.6. The highest BCUT2D eigenvalue weighted by Crippen LogP contribution is 2.30. The van der Waals surface area contributed by atoms with E-state index in [0.717, 1.165) is 30.6 Å². The van der Waals surface area contributed by atoms with Crippen molar-refractivity contribution in [3.8, 4) is 11.8 Å². The molecule has 0 saturated carbocycles. The second-order valence-corrected chi connectivity index (χ2v) is 5.82. The van der Waals surface area contributed by atoms with Gasteiger partial charge in [0.25, 0.3) is 0 Å². The number of hydrogen-bond acceptors (Lipinski definition) is 3. The van der Waals surface area contributed by atoms with Crippen LogP contribution in [-0.4, -0.2) is 35.6 Å². The predicted molar refractivity (Wildman–Crippen MR) is 82.2 cm³/mol. The van der Waals surface area contributed by atoms with Crippen molar-refractivity contribution >= 4 is 5.91 Å². The number of nitrogens with two attached hydrogens (primary N) is 1. The van der Waals surface area contributed by atoms with Gasteiger partial charge in [-0.05, 0) is 31.5 Å². The van der Waals surface area contributed by atoms with Gasteiger partial charge in [-0.1, -0.05) is 30.0 Å². The molecule has 1 atom stereocenters. The molecule has 1 fully saturated rings. The second kappa shape index (κ2) is 6.75. The van der Waals surface area contributed by atoms with Gasteiger partial charge >= 0.3 is 0 Å². The van der Waals surface area contributed by atoms with E-state index in [1.54, 1.807) is 0 Å². The number of amides is 1. The molecule has 4 nitrogen and oxygen atoms in total. The largest absolute Gasteiger partial charge is 0.395 e. The Morgan fingerprint density at radius 3 is 2.90 bits per heavy atom. The van der Waals surface area contributed by atoms with Crippen molar-refractivity contribution in [2.45, 2.75) is 26.3 Å². The lowest BCUT2D eigenvalue weighted by molar-refractivity contribution is -0.126. The molecular formula is C17H22N2O2. The van der Waals surface area contributed by atoms with E-state index < -0.39 is 5.41 Å². The second-order valence-electron chi connectivity index (χ2n) is 5.82. The Morgan fingerprint density at radius 2 is 2.24 bits per heavy atom. The summed E-state index contributed by atoms with van der Waals surface area (Å²) in [5, 5.41) is 8.80. The Hall–Kier alpha value is -1.83. The maximum atomic E-state index is 11.5. The van der Waals surface area contributed by atoms with Crippen LogP contribution >= 0.6 is 0 Å². The lowest BCUT2D eigenvalue weighted by Crippen LogP contribution is -2.37. The summed E-state index contributed by atoms with van der Waals surface area (Å²) in [6.07, 6.45) is 1.29. The van der Waals surface area contributed by atoms with E-state index in [1.807, 2.05) is 25.1 Å². The van der Waals surface area contributed by atoms with Crippen LogP contribution in [0.3, 0.4) is 0 Å². The molecule has 0 radical (unpaired) electrons. The van der Waals surface area contributed by atoms with Crippen molar-refractivity contribution in [2.75, 3.05) is 19.7 Å². The molecule has 1 aromatic rings. The van der Waals surface area contributed by atoms with Crippen molar-refractivity contribution in [1.29, 1.82) is 0 Å². The molecule has 0 aromatic heterocycles. The van der Waals surface area contributed by atoms with Crippen LogP contribution in [0.25, 0.3) is 0 Å². The summed E-state index contributed by atoms with van der Waals surface area (Å²) in [6, 6.07) is 8.01. The van der Waals surface area contributed by atoms with E-state index in [0.29, 0.717) is 13.0 Å². The summed E-state index contributed by atoms with van der Waals surface area (Å²) < 4.78 is 0. The molecule has 1 aliphatic heterocycles. The monoisotopic (exact) mass is 286 g/mol. The first-order valence-corrected chi connectivity index (χ1v) is 7.25. The maximum absolute atomic E-state index is 11.5. The first-order chi connectivity index (χ1) is 10.0. The Bertz CT molecular complexity index is 574. The fraction of sp³-hybridized carbons (Fsp3) is 0.471. The summed E-state index contributed by atoms with van der Waals surface area (Å²) in [5.74, 6) is 5.84. The molecule has 112 valence electrons. The third kappa shape index (κ3) is 3.84. The quantitative estimate of drug-likeness (QED) is 0.815. The van der Waals surface area contributed by atoms with Crippen LogP contribution < -0.4 is 5.73 Å². The van der Waals surface area contributed by atoms with Crippen molar-refractivity contribution < 1.29 is 9.90 Å². The van der Waals surface area contributed by atoms with E-state index in [1.165, 1.54) is 0 Å². The molecule has 1 unspecified atom stereocenters. The lowest BCUT2D eigenvalue weighted by Gasteiger charge is -2.21. The molecular weight excluding hydrogens is 264 g/mol. The number of benzene rings is 1. The number of rotatable bonds is 4. The van der Waals surface area contributed by atoms with Gasteiger partial charge in [0.1, 0.15) is 0 Å². The van der Waals surface area contributed by atoms with Gasteiger partial charge in [-0.15, -0.1) is 0 Å². The SMILES string of the molecule is CC1(C(N)=O)CCN(Cc2ccccc2C#CCCO)C1. The lowest BCUT2D eigenvalue weighted by atomic mass is 9.89. The van der Waals surface area contributed by atoms with Crippen molar-refractivity contribution in [3.63, 3.8) is 0 Å². The summed E-state index contributed by atoms with van der Waals surface area (Å²) >= 11 is 0. The number of aliphatic hydroxyl groups is 1. The average Bonchev–Trinajstić information content (AvgIpc) is 2.84. The van der Waals surface area contributed by atoms with Crippen LogP contribution in [0.5, 0.6) is 0 Å². The van der Waals surface area contributed by atoms with E-state index in [9.17, 15) is 4.79 Å². The van der Waals surface area contributed by atoms with Gasteiger partial charge in [-0.3, -0.25) is 9.69 Å². The summed E-state index contributed by atoms with van der Waals surface area (Å²) in [7, 11) is 0. The van der Waals surface area contributed by atoms with E-state index >= 15 is 0 Å². The third-order valence-electron chi connectivity index (χ3n) is 4.02. The number of carbonyl (C=O) groups excluding carboxylic acids is 1. The van der Waals surface area contributed by atoms with Gasteiger partial charge < -0.3 is 10.8 Å². The van der Waals surface area contributed by atoms with E-state index in [2.05, 4.69) is 22.8 Å². The minimum Gasteiger partial charge on any atom is -0.395 e. The molecule has 1 saturated heterocycles. The van der Waals surface area contributed by atoms with Crippen LogP contribution in [0, 0.1) is 17.3 Å². The van der Waals surface area contributed by atoms with Crippen LogP contribution in [0.4, 0.5) is 0 Å². The van der Waals surface area contributed by atoms with Gasteiger partial charge in [0.2, 0.25) is 5.91 Å². The highest BCUT2D eigenvalue weighted by atomic mass is 16.2. The van der Waals surface area contributed by atoms with Gasteiger partial charge in [-0.2, -0.15) is 0 Å². The molecule has 4 heteroatoms. The number of carbonyl (C=O) groups is 1. The van der Waals surface area contributed by atoms with Gasteiger partial charge in [0.15, 0.2) is 0 Å². The number of nitrogens with zero attached hydrogens (tertiary/aromatic N) is 1. The minimum atomic E-state index is -0.419. The zero-order valence-corrected chi connectivity index (χ0v) is 12.4. The van der Waals surface area contributed by atoms with Crippen molar-refractivity contribution in [3.05, 3.63) is 35.4 Å². The highest BCUT2D eigenvalue weighted by molar-refractivity contribution is 5.81. The topological polar surface area (TPSA) is 66.6 Å². The molecule has 1 aliphatic rings.